The Morgan fingerprint density at radius 2 is 1.88 bits per heavy atom. The Bertz CT molecular complexity index is 988. The first-order valence-corrected chi connectivity index (χ1v) is 9.26. The monoisotopic (exact) mass is 376 g/mol. The predicted molar refractivity (Wildman–Crippen MR) is 94.0 cm³/mol. The van der Waals surface area contributed by atoms with E-state index in [9.17, 15) is 12.8 Å². The zero-order chi connectivity index (χ0) is 18.6. The van der Waals surface area contributed by atoms with E-state index in [4.69, 9.17) is 0 Å². The van der Waals surface area contributed by atoms with Crippen LogP contribution in [-0.2, 0) is 10.0 Å². The highest BCUT2D eigenvalue weighted by molar-refractivity contribution is 7.89. The molecule has 0 aliphatic rings. The summed E-state index contributed by atoms with van der Waals surface area (Å²) in [7, 11) is -3.68. The van der Waals surface area contributed by atoms with Crippen molar-refractivity contribution in [1.82, 2.24) is 24.5 Å². The van der Waals surface area contributed by atoms with Gasteiger partial charge in [-0.15, -0.1) is 0 Å². The van der Waals surface area contributed by atoms with Crippen LogP contribution >= 0.6 is 0 Å². The second-order valence-corrected chi connectivity index (χ2v) is 7.21. The molecule has 0 aliphatic carbocycles. The fourth-order valence-corrected chi connectivity index (χ4v) is 3.22. The molecule has 0 saturated heterocycles. The Kier molecular flexibility index (Phi) is 5.24. The van der Waals surface area contributed by atoms with E-state index in [-0.39, 0.29) is 11.4 Å². The van der Waals surface area contributed by atoms with Crippen molar-refractivity contribution in [2.45, 2.75) is 11.8 Å². The van der Waals surface area contributed by atoms with Crippen LogP contribution in [0.3, 0.4) is 0 Å². The van der Waals surface area contributed by atoms with Gasteiger partial charge in [0.2, 0.25) is 10.0 Å². The van der Waals surface area contributed by atoms with Crippen molar-refractivity contribution >= 4 is 15.8 Å². The Balaban J connectivity index is 1.56. The summed E-state index contributed by atoms with van der Waals surface area (Å²) in [5.41, 5.74) is 0.869. The topological polar surface area (TPSA) is 102 Å². The van der Waals surface area contributed by atoms with Crippen LogP contribution in [0, 0.1) is 12.7 Å². The molecule has 2 aromatic heterocycles. The van der Waals surface area contributed by atoms with E-state index in [0.717, 1.165) is 17.8 Å². The van der Waals surface area contributed by atoms with Gasteiger partial charge in [0.1, 0.15) is 18.0 Å². The van der Waals surface area contributed by atoms with Crippen molar-refractivity contribution in [3.05, 3.63) is 60.4 Å². The average molecular weight is 376 g/mol. The third kappa shape index (κ3) is 4.41. The predicted octanol–water partition coefficient (Wildman–Crippen LogP) is 1.50. The molecule has 10 heteroatoms. The van der Waals surface area contributed by atoms with Gasteiger partial charge in [-0.25, -0.2) is 32.2 Å². The summed E-state index contributed by atoms with van der Waals surface area (Å²) in [6.45, 7) is 2.33. The Labute approximate surface area is 150 Å². The van der Waals surface area contributed by atoms with Gasteiger partial charge in [-0.05, 0) is 37.3 Å². The van der Waals surface area contributed by atoms with Crippen LogP contribution in [0.15, 0.2) is 53.8 Å². The van der Waals surface area contributed by atoms with E-state index < -0.39 is 15.8 Å². The minimum Gasteiger partial charge on any atom is -0.369 e. The van der Waals surface area contributed by atoms with E-state index in [2.05, 4.69) is 25.1 Å². The highest BCUT2D eigenvalue weighted by Crippen LogP contribution is 2.10. The molecule has 0 fully saturated rings. The Morgan fingerprint density at radius 3 is 2.58 bits per heavy atom. The van der Waals surface area contributed by atoms with Gasteiger partial charge in [0.25, 0.3) is 0 Å². The number of hydrogen-bond acceptors (Lipinski definition) is 6. The molecule has 26 heavy (non-hydrogen) atoms. The zero-order valence-corrected chi connectivity index (χ0v) is 14.7. The Morgan fingerprint density at radius 1 is 1.12 bits per heavy atom. The lowest BCUT2D eigenvalue weighted by atomic mass is 10.4. The van der Waals surface area contributed by atoms with E-state index >= 15 is 0 Å². The van der Waals surface area contributed by atoms with Gasteiger partial charge in [0.05, 0.1) is 10.6 Å². The molecule has 2 heterocycles. The van der Waals surface area contributed by atoms with Crippen LogP contribution < -0.4 is 10.0 Å². The number of aromatic nitrogens is 4. The summed E-state index contributed by atoms with van der Waals surface area (Å²) >= 11 is 0. The molecule has 0 radical (unpaired) electrons. The molecule has 3 aromatic rings. The zero-order valence-electron chi connectivity index (χ0n) is 13.9. The fourth-order valence-electron chi connectivity index (χ4n) is 2.18. The Hall–Kier alpha value is -2.85. The van der Waals surface area contributed by atoms with Crippen molar-refractivity contribution in [3.8, 4) is 5.82 Å². The van der Waals surface area contributed by atoms with Gasteiger partial charge in [-0.3, -0.25) is 0 Å². The molecular weight excluding hydrogens is 359 g/mol. The summed E-state index contributed by atoms with van der Waals surface area (Å²) in [6, 6.07) is 8.21. The van der Waals surface area contributed by atoms with Crippen LogP contribution in [-0.4, -0.2) is 41.3 Å². The standard InChI is InChI=1S/C16H17FN6O2S/c1-12-6-9-23(22-12)16-10-15(19-11-20-16)18-7-8-21-26(24,25)14-4-2-13(17)3-5-14/h2-6,9-11,21H,7-8H2,1H3,(H,18,19,20). The average Bonchev–Trinajstić information content (AvgIpc) is 3.06. The van der Waals surface area contributed by atoms with E-state index in [1.807, 2.05) is 13.0 Å². The van der Waals surface area contributed by atoms with Gasteiger partial charge >= 0.3 is 0 Å². The number of halogens is 1. The second kappa shape index (κ2) is 7.58. The number of rotatable bonds is 7. The molecule has 2 N–H and O–H groups in total. The van der Waals surface area contributed by atoms with Crippen LogP contribution in [0.1, 0.15) is 5.69 Å². The first-order chi connectivity index (χ1) is 12.4. The van der Waals surface area contributed by atoms with Crippen molar-refractivity contribution < 1.29 is 12.8 Å². The minimum atomic E-state index is -3.68. The number of nitrogens with zero attached hydrogens (tertiary/aromatic N) is 4. The summed E-state index contributed by atoms with van der Waals surface area (Å²) in [5.74, 6) is 0.657. The highest BCUT2D eigenvalue weighted by atomic mass is 32.2. The maximum atomic E-state index is 12.9. The van der Waals surface area contributed by atoms with E-state index in [1.54, 1.807) is 16.9 Å². The summed E-state index contributed by atoms with van der Waals surface area (Å²) in [5, 5.41) is 7.29. The SMILES string of the molecule is Cc1ccn(-c2cc(NCCNS(=O)(=O)c3ccc(F)cc3)ncn2)n1. The third-order valence-electron chi connectivity index (χ3n) is 3.46. The molecule has 0 saturated carbocycles. The van der Waals surface area contributed by atoms with Crippen molar-refractivity contribution in [2.24, 2.45) is 0 Å². The highest BCUT2D eigenvalue weighted by Gasteiger charge is 2.13. The van der Waals surface area contributed by atoms with Crippen LogP contribution in [0.2, 0.25) is 0 Å². The molecule has 0 aliphatic heterocycles. The smallest absolute Gasteiger partial charge is 0.240 e. The number of aryl methyl sites for hydroxylation is 1. The maximum Gasteiger partial charge on any atom is 0.240 e. The number of hydrogen-bond donors (Lipinski definition) is 2. The molecule has 0 unspecified atom stereocenters. The molecular formula is C16H17FN6O2S. The maximum absolute atomic E-state index is 12.9. The molecule has 8 nitrogen and oxygen atoms in total. The van der Waals surface area contributed by atoms with Crippen molar-refractivity contribution in [1.29, 1.82) is 0 Å². The van der Waals surface area contributed by atoms with Crippen LogP contribution in [0.25, 0.3) is 5.82 Å². The van der Waals surface area contributed by atoms with Gasteiger partial charge in [-0.2, -0.15) is 5.10 Å². The molecule has 1 aromatic carbocycles. The number of benzene rings is 1. The van der Waals surface area contributed by atoms with Crippen LogP contribution in [0.5, 0.6) is 0 Å². The first kappa shape index (κ1) is 18.0. The summed E-state index contributed by atoms with van der Waals surface area (Å²) < 4.78 is 41.1. The molecule has 0 amide bonds. The lowest BCUT2D eigenvalue weighted by Gasteiger charge is -2.09. The quantitative estimate of drug-likeness (QED) is 0.606. The van der Waals surface area contributed by atoms with Crippen molar-refractivity contribution in [3.63, 3.8) is 0 Å². The van der Waals surface area contributed by atoms with Crippen LogP contribution in [0.4, 0.5) is 10.2 Å². The summed E-state index contributed by atoms with van der Waals surface area (Å²) in [6.07, 6.45) is 3.19. The number of sulfonamides is 1. The second-order valence-electron chi connectivity index (χ2n) is 5.44. The first-order valence-electron chi connectivity index (χ1n) is 7.78. The van der Waals surface area contributed by atoms with Gasteiger partial charge in [-0.1, -0.05) is 0 Å². The van der Waals surface area contributed by atoms with Gasteiger partial charge in [0, 0.05) is 25.4 Å². The van der Waals surface area contributed by atoms with E-state index in [0.29, 0.717) is 18.2 Å². The lowest BCUT2D eigenvalue weighted by molar-refractivity contribution is 0.582. The van der Waals surface area contributed by atoms with Gasteiger partial charge < -0.3 is 5.32 Å². The van der Waals surface area contributed by atoms with Crippen molar-refractivity contribution in [2.75, 3.05) is 18.4 Å². The fraction of sp³-hybridized carbons (Fsp3) is 0.188. The molecule has 136 valence electrons. The minimum absolute atomic E-state index is 0.0114. The number of nitrogens with one attached hydrogen (secondary N) is 2. The van der Waals surface area contributed by atoms with E-state index in [1.165, 1.54) is 18.5 Å². The molecule has 0 spiro atoms. The third-order valence-corrected chi connectivity index (χ3v) is 4.93. The normalized spacial score (nSPS) is 11.5. The molecule has 0 atom stereocenters. The molecule has 0 bridgehead atoms. The summed E-state index contributed by atoms with van der Waals surface area (Å²) in [4.78, 5) is 8.25. The molecule has 3 rings (SSSR count). The lowest BCUT2D eigenvalue weighted by Crippen LogP contribution is -2.29. The number of anilines is 1. The van der Waals surface area contributed by atoms with Gasteiger partial charge in [0.15, 0.2) is 5.82 Å². The largest absolute Gasteiger partial charge is 0.369 e.